The molecule has 1 N–H and O–H groups in total. The monoisotopic (exact) mass is 458 g/mol. The summed E-state index contributed by atoms with van der Waals surface area (Å²) < 4.78 is 45.7. The molecule has 0 bridgehead atoms. The Morgan fingerprint density at radius 1 is 1.24 bits per heavy atom. The second-order valence-corrected chi connectivity index (χ2v) is 9.77. The van der Waals surface area contributed by atoms with E-state index in [0.717, 1.165) is 0 Å². The Kier molecular flexibility index (Phi) is 7.18. The number of anilines is 1. The molecule has 1 aliphatic heterocycles. The molecule has 2 aromatic rings. The van der Waals surface area contributed by atoms with Crippen molar-refractivity contribution in [2.24, 2.45) is 0 Å². The van der Waals surface area contributed by atoms with E-state index in [1.54, 1.807) is 19.1 Å². The maximum Gasteiger partial charge on any atom is 0.243 e. The Morgan fingerprint density at radius 3 is 2.66 bits per heavy atom. The maximum atomic E-state index is 13.2. The van der Waals surface area contributed by atoms with E-state index in [-0.39, 0.29) is 21.6 Å². The number of morpholine rings is 1. The first kappa shape index (κ1) is 22.0. The van der Waals surface area contributed by atoms with Crippen LogP contribution in [-0.4, -0.2) is 50.7 Å². The van der Waals surface area contributed by atoms with Crippen LogP contribution >= 0.6 is 23.4 Å². The third-order valence-electron chi connectivity index (χ3n) is 4.32. The number of carbonyl (C=O) groups is 1. The van der Waals surface area contributed by atoms with Gasteiger partial charge >= 0.3 is 0 Å². The molecule has 10 heteroatoms. The molecule has 1 aliphatic rings. The summed E-state index contributed by atoms with van der Waals surface area (Å²) in [5, 5.41) is 2.70. The number of benzene rings is 2. The van der Waals surface area contributed by atoms with Crippen LogP contribution in [0.2, 0.25) is 5.02 Å². The SMILES string of the molecule is Cc1ccc(NC(=O)CSc2ccc(F)c(Cl)c2)cc1S(=O)(=O)N1CCOCC1. The molecule has 1 fully saturated rings. The second kappa shape index (κ2) is 9.44. The lowest BCUT2D eigenvalue weighted by Gasteiger charge is -2.26. The molecule has 0 unspecified atom stereocenters. The van der Waals surface area contributed by atoms with Gasteiger partial charge in [0.15, 0.2) is 0 Å². The first-order valence-electron chi connectivity index (χ1n) is 8.83. The second-order valence-electron chi connectivity index (χ2n) is 6.41. The number of aryl methyl sites for hydroxylation is 1. The Hall–Kier alpha value is -1.65. The molecule has 0 saturated carbocycles. The Labute approximate surface area is 178 Å². The molecule has 0 radical (unpaired) electrons. The van der Waals surface area contributed by atoms with E-state index >= 15 is 0 Å². The minimum Gasteiger partial charge on any atom is -0.379 e. The molecule has 0 aromatic heterocycles. The van der Waals surface area contributed by atoms with Crippen LogP contribution in [0.15, 0.2) is 46.2 Å². The summed E-state index contributed by atoms with van der Waals surface area (Å²) in [6, 6.07) is 9.02. The van der Waals surface area contributed by atoms with Crippen molar-refractivity contribution in [1.82, 2.24) is 4.31 Å². The van der Waals surface area contributed by atoms with Crippen molar-refractivity contribution in [3.05, 3.63) is 52.8 Å². The fourth-order valence-corrected chi connectivity index (χ4v) is 5.43. The minimum atomic E-state index is -3.67. The van der Waals surface area contributed by atoms with E-state index < -0.39 is 15.8 Å². The van der Waals surface area contributed by atoms with Crippen LogP contribution < -0.4 is 5.32 Å². The van der Waals surface area contributed by atoms with Gasteiger partial charge in [0.25, 0.3) is 0 Å². The third kappa shape index (κ3) is 5.49. The number of nitrogens with one attached hydrogen (secondary N) is 1. The minimum absolute atomic E-state index is 0.00750. The topological polar surface area (TPSA) is 75.7 Å². The van der Waals surface area contributed by atoms with Crippen LogP contribution in [-0.2, 0) is 19.6 Å². The van der Waals surface area contributed by atoms with Crippen molar-refractivity contribution in [3.63, 3.8) is 0 Å². The van der Waals surface area contributed by atoms with E-state index in [0.29, 0.717) is 42.4 Å². The van der Waals surface area contributed by atoms with Crippen LogP contribution in [0.3, 0.4) is 0 Å². The van der Waals surface area contributed by atoms with Gasteiger partial charge in [0, 0.05) is 23.7 Å². The standard InChI is InChI=1S/C19H20ClFN2O4S2/c1-13-2-3-14(10-18(13)29(25,26)23-6-8-27-9-7-23)22-19(24)12-28-15-4-5-17(21)16(20)11-15/h2-5,10-11H,6-9,12H2,1H3,(H,22,24). The molecule has 0 aliphatic carbocycles. The highest BCUT2D eigenvalue weighted by molar-refractivity contribution is 8.00. The lowest BCUT2D eigenvalue weighted by Crippen LogP contribution is -2.40. The summed E-state index contributed by atoms with van der Waals surface area (Å²) in [7, 11) is -3.67. The van der Waals surface area contributed by atoms with Crippen LogP contribution in [0.1, 0.15) is 5.56 Å². The van der Waals surface area contributed by atoms with Gasteiger partial charge in [0.1, 0.15) is 5.82 Å². The molecule has 2 aromatic carbocycles. The smallest absolute Gasteiger partial charge is 0.243 e. The summed E-state index contributed by atoms with van der Waals surface area (Å²) in [5.74, 6) is -0.760. The molecule has 1 saturated heterocycles. The zero-order valence-corrected chi connectivity index (χ0v) is 18.0. The van der Waals surface area contributed by atoms with Gasteiger partial charge in [-0.2, -0.15) is 4.31 Å². The van der Waals surface area contributed by atoms with Gasteiger partial charge in [-0.05, 0) is 42.8 Å². The molecular weight excluding hydrogens is 439 g/mol. The van der Waals surface area contributed by atoms with Crippen LogP contribution in [0, 0.1) is 12.7 Å². The maximum absolute atomic E-state index is 13.2. The molecule has 3 rings (SSSR count). The molecule has 6 nitrogen and oxygen atoms in total. The highest BCUT2D eigenvalue weighted by Crippen LogP contribution is 2.26. The number of halogens is 2. The summed E-state index contributed by atoms with van der Waals surface area (Å²) in [4.78, 5) is 13.1. The Bertz CT molecular complexity index is 1010. The number of hydrogen-bond donors (Lipinski definition) is 1. The average molecular weight is 459 g/mol. The lowest BCUT2D eigenvalue weighted by atomic mass is 10.2. The number of amides is 1. The van der Waals surface area contributed by atoms with Crippen LogP contribution in [0.25, 0.3) is 0 Å². The number of nitrogens with zero attached hydrogens (tertiary/aromatic N) is 1. The number of hydrogen-bond acceptors (Lipinski definition) is 5. The lowest BCUT2D eigenvalue weighted by molar-refractivity contribution is -0.113. The van der Waals surface area contributed by atoms with E-state index in [1.165, 1.54) is 40.3 Å². The first-order valence-corrected chi connectivity index (χ1v) is 11.6. The van der Waals surface area contributed by atoms with Crippen molar-refractivity contribution >= 4 is 45.0 Å². The van der Waals surface area contributed by atoms with Gasteiger partial charge in [-0.15, -0.1) is 11.8 Å². The van der Waals surface area contributed by atoms with Gasteiger partial charge in [-0.1, -0.05) is 17.7 Å². The Balaban J connectivity index is 1.68. The highest BCUT2D eigenvalue weighted by atomic mass is 35.5. The van der Waals surface area contributed by atoms with Crippen molar-refractivity contribution in [3.8, 4) is 0 Å². The molecule has 29 heavy (non-hydrogen) atoms. The molecule has 1 amide bonds. The van der Waals surface area contributed by atoms with Crippen molar-refractivity contribution < 1.29 is 22.3 Å². The van der Waals surface area contributed by atoms with E-state index in [9.17, 15) is 17.6 Å². The van der Waals surface area contributed by atoms with Crippen LogP contribution in [0.5, 0.6) is 0 Å². The predicted octanol–water partition coefficient (Wildman–Crippen LogP) is 3.54. The number of carbonyl (C=O) groups excluding carboxylic acids is 1. The van der Waals surface area contributed by atoms with Gasteiger partial charge in [0.05, 0.1) is 28.9 Å². The predicted molar refractivity (Wildman–Crippen MR) is 112 cm³/mol. The number of ether oxygens (including phenoxy) is 1. The van der Waals surface area contributed by atoms with Gasteiger partial charge in [-0.3, -0.25) is 4.79 Å². The quantitative estimate of drug-likeness (QED) is 0.670. The molecule has 0 atom stereocenters. The number of thioether (sulfide) groups is 1. The largest absolute Gasteiger partial charge is 0.379 e. The normalized spacial score (nSPS) is 15.3. The Morgan fingerprint density at radius 2 is 1.97 bits per heavy atom. The van der Waals surface area contributed by atoms with Crippen molar-refractivity contribution in [2.45, 2.75) is 16.7 Å². The number of sulfonamides is 1. The molecule has 0 spiro atoms. The first-order chi connectivity index (χ1) is 13.8. The average Bonchev–Trinajstić information content (AvgIpc) is 2.71. The molecular formula is C19H20ClFN2O4S2. The number of rotatable bonds is 6. The van der Waals surface area contributed by atoms with E-state index in [2.05, 4.69) is 5.32 Å². The van der Waals surface area contributed by atoms with Gasteiger partial charge in [0.2, 0.25) is 15.9 Å². The third-order valence-corrected chi connectivity index (χ3v) is 7.64. The summed E-state index contributed by atoms with van der Waals surface area (Å²) in [5.41, 5.74) is 0.995. The van der Waals surface area contributed by atoms with Crippen LogP contribution in [0.4, 0.5) is 10.1 Å². The summed E-state index contributed by atoms with van der Waals surface area (Å²) in [6.45, 7) is 3.04. The fraction of sp³-hybridized carbons (Fsp3) is 0.316. The molecule has 156 valence electrons. The molecule has 1 heterocycles. The van der Waals surface area contributed by atoms with E-state index in [1.807, 2.05) is 0 Å². The fourth-order valence-electron chi connectivity index (χ4n) is 2.79. The highest BCUT2D eigenvalue weighted by Gasteiger charge is 2.28. The summed E-state index contributed by atoms with van der Waals surface area (Å²) in [6.07, 6.45) is 0. The van der Waals surface area contributed by atoms with E-state index in [4.69, 9.17) is 16.3 Å². The van der Waals surface area contributed by atoms with Gasteiger partial charge < -0.3 is 10.1 Å². The van der Waals surface area contributed by atoms with Crippen molar-refractivity contribution in [2.75, 3.05) is 37.4 Å². The summed E-state index contributed by atoms with van der Waals surface area (Å²) >= 11 is 6.94. The van der Waals surface area contributed by atoms with Gasteiger partial charge in [-0.25, -0.2) is 12.8 Å². The zero-order valence-electron chi connectivity index (χ0n) is 15.7. The zero-order chi connectivity index (χ0) is 21.0. The van der Waals surface area contributed by atoms with Crippen molar-refractivity contribution in [1.29, 1.82) is 0 Å².